The lowest BCUT2D eigenvalue weighted by molar-refractivity contribution is -0.144. The molecule has 1 aromatic carbocycles. The molecule has 0 bridgehead atoms. The van der Waals surface area contributed by atoms with Gasteiger partial charge in [-0.1, -0.05) is 49.9 Å². The van der Waals surface area contributed by atoms with Crippen molar-refractivity contribution in [1.82, 2.24) is 25.5 Å². The smallest absolute Gasteiger partial charge is 0.315 e. The molecule has 1 aliphatic heterocycles. The Morgan fingerprint density at radius 3 is 2.50 bits per heavy atom. The Morgan fingerprint density at radius 1 is 1.12 bits per heavy atom. The van der Waals surface area contributed by atoms with Crippen molar-refractivity contribution in [3.8, 4) is 0 Å². The summed E-state index contributed by atoms with van der Waals surface area (Å²) in [6, 6.07) is 6.31. The van der Waals surface area contributed by atoms with Gasteiger partial charge < -0.3 is 20.5 Å². The van der Waals surface area contributed by atoms with Crippen molar-refractivity contribution in [1.29, 1.82) is 0 Å². The maximum atomic E-state index is 13.8. The lowest BCUT2D eigenvalue weighted by Crippen LogP contribution is -2.56. The molecule has 0 spiro atoms. The van der Waals surface area contributed by atoms with E-state index in [0.717, 1.165) is 56.2 Å². The van der Waals surface area contributed by atoms with Crippen molar-refractivity contribution >= 4 is 29.3 Å². The Morgan fingerprint density at radius 2 is 1.85 bits per heavy atom. The maximum absolute atomic E-state index is 13.8. The van der Waals surface area contributed by atoms with Gasteiger partial charge in [0, 0.05) is 54.8 Å². The third-order valence-electron chi connectivity index (χ3n) is 8.81. The monoisotopic (exact) mass is 569 g/mol. The van der Waals surface area contributed by atoms with Gasteiger partial charge in [0.25, 0.3) is 0 Å². The Bertz CT molecular complexity index is 1090. The fraction of sp³-hybridized carbons (Fsp3) is 0.613. The summed E-state index contributed by atoms with van der Waals surface area (Å²) in [5.74, 6) is 0.718. The topological polar surface area (TPSA) is 107 Å². The number of H-pyrrole nitrogens is 1. The molecule has 1 aromatic heterocycles. The van der Waals surface area contributed by atoms with Crippen LogP contribution in [-0.4, -0.2) is 58.3 Å². The lowest BCUT2D eigenvalue weighted by atomic mass is 9.61. The second-order valence-corrected chi connectivity index (χ2v) is 11.9. The van der Waals surface area contributed by atoms with Crippen LogP contribution >= 0.6 is 11.6 Å². The predicted molar refractivity (Wildman–Crippen MR) is 157 cm³/mol. The summed E-state index contributed by atoms with van der Waals surface area (Å²) >= 11 is 6.07. The van der Waals surface area contributed by atoms with Gasteiger partial charge in [0.05, 0.1) is 6.33 Å². The molecule has 3 N–H and O–H groups in total. The van der Waals surface area contributed by atoms with Crippen LogP contribution in [0.1, 0.15) is 82.4 Å². The molecule has 0 radical (unpaired) electrons. The zero-order valence-electron chi connectivity index (χ0n) is 23.7. The summed E-state index contributed by atoms with van der Waals surface area (Å²) in [7, 11) is 0. The first-order valence-corrected chi connectivity index (χ1v) is 15.4. The minimum Gasteiger partial charge on any atom is -0.348 e. The van der Waals surface area contributed by atoms with E-state index in [4.69, 9.17) is 11.6 Å². The van der Waals surface area contributed by atoms with E-state index >= 15 is 0 Å². The fourth-order valence-electron chi connectivity index (χ4n) is 6.56. The third-order valence-corrected chi connectivity index (χ3v) is 9.06. The summed E-state index contributed by atoms with van der Waals surface area (Å²) in [4.78, 5) is 49.1. The summed E-state index contributed by atoms with van der Waals surface area (Å²) in [5.41, 5.74) is 1.64. The van der Waals surface area contributed by atoms with Crippen LogP contribution in [0.2, 0.25) is 5.02 Å². The van der Waals surface area contributed by atoms with E-state index in [1.54, 1.807) is 24.7 Å². The van der Waals surface area contributed by atoms with Gasteiger partial charge in [-0.25, -0.2) is 9.78 Å². The number of carbonyl (C=O) groups is 3. The number of rotatable bonds is 12. The zero-order chi connectivity index (χ0) is 28.4. The van der Waals surface area contributed by atoms with Crippen molar-refractivity contribution in [2.24, 2.45) is 11.3 Å². The van der Waals surface area contributed by atoms with E-state index in [0.29, 0.717) is 49.2 Å². The number of ketones is 1. The Balaban J connectivity index is 1.40. The quantitative estimate of drug-likeness (QED) is 0.295. The van der Waals surface area contributed by atoms with Gasteiger partial charge >= 0.3 is 6.03 Å². The molecule has 2 aromatic rings. The van der Waals surface area contributed by atoms with Crippen molar-refractivity contribution in [2.75, 3.05) is 19.6 Å². The molecule has 1 aliphatic carbocycles. The first kappa shape index (κ1) is 30.1. The lowest BCUT2D eigenvalue weighted by Gasteiger charge is -2.47. The molecule has 2 aliphatic rings. The summed E-state index contributed by atoms with van der Waals surface area (Å²) < 4.78 is 0. The number of piperidine rings is 1. The number of benzene rings is 1. The molecule has 218 valence electrons. The SMILES string of the molecule is CCCC(=O)C1(C2CCCCC2)CCN(C(=O)[C@@H](Cc2ccc(Cl)cc2)NC(=O)NCCCc2cnc[nH]2)CC1. The Hall–Kier alpha value is -2.87. The van der Waals surface area contributed by atoms with E-state index in [9.17, 15) is 14.4 Å². The number of nitrogens with zero attached hydrogens (tertiary/aromatic N) is 2. The molecule has 1 saturated carbocycles. The number of amides is 3. The predicted octanol–water partition coefficient (Wildman–Crippen LogP) is 5.46. The molecule has 2 heterocycles. The number of urea groups is 1. The molecule has 2 fully saturated rings. The molecule has 1 atom stereocenters. The zero-order valence-corrected chi connectivity index (χ0v) is 24.5. The Kier molecular flexibility index (Phi) is 11.0. The van der Waals surface area contributed by atoms with E-state index in [1.165, 1.54) is 19.3 Å². The molecular formula is C31H44ClN5O3. The molecule has 3 amide bonds. The highest BCUT2D eigenvalue weighted by Gasteiger charge is 2.47. The van der Waals surface area contributed by atoms with Crippen LogP contribution in [0, 0.1) is 11.3 Å². The highest BCUT2D eigenvalue weighted by molar-refractivity contribution is 6.30. The fourth-order valence-corrected chi connectivity index (χ4v) is 6.69. The standard InChI is InChI=1S/C31H44ClN5O3/c1-2-7-28(38)31(24-8-4-3-5-9-24)15-18-37(19-16-31)29(39)27(20-23-11-13-25(32)14-12-23)36-30(40)34-17-6-10-26-21-33-22-35-26/h11-14,21-22,24,27H,2-10,15-20H2,1H3,(H,33,35)(H2,34,36,40)/t27-/m1/s1. The van der Waals surface area contributed by atoms with Crippen LogP contribution in [0.15, 0.2) is 36.8 Å². The minimum absolute atomic E-state index is 0.0947. The summed E-state index contributed by atoms with van der Waals surface area (Å²) in [5, 5.41) is 6.46. The second-order valence-electron chi connectivity index (χ2n) is 11.5. The molecule has 1 saturated heterocycles. The number of aryl methyl sites for hydroxylation is 1. The van der Waals surface area contributed by atoms with E-state index in [1.807, 2.05) is 17.0 Å². The molecule has 9 heteroatoms. The maximum Gasteiger partial charge on any atom is 0.315 e. The average Bonchev–Trinajstić information content (AvgIpc) is 3.50. The van der Waals surface area contributed by atoms with Gasteiger partial charge in [-0.3, -0.25) is 9.59 Å². The second kappa shape index (κ2) is 14.7. The highest BCUT2D eigenvalue weighted by atomic mass is 35.5. The number of halogens is 1. The van der Waals surface area contributed by atoms with E-state index in [2.05, 4.69) is 27.5 Å². The molecule has 8 nitrogen and oxygen atoms in total. The molecular weight excluding hydrogens is 526 g/mol. The number of hydrogen-bond acceptors (Lipinski definition) is 4. The van der Waals surface area contributed by atoms with Crippen LogP contribution in [0.25, 0.3) is 0 Å². The number of carbonyl (C=O) groups excluding carboxylic acids is 3. The molecule has 0 unspecified atom stereocenters. The van der Waals surface area contributed by atoms with E-state index in [-0.39, 0.29) is 17.4 Å². The van der Waals surface area contributed by atoms with Crippen LogP contribution in [0.4, 0.5) is 4.79 Å². The van der Waals surface area contributed by atoms with Crippen LogP contribution in [0.5, 0.6) is 0 Å². The summed E-state index contributed by atoms with van der Waals surface area (Å²) in [6.07, 6.45) is 14.1. The van der Waals surface area contributed by atoms with E-state index < -0.39 is 6.04 Å². The number of Topliss-reactive ketones (excluding diaryl/α,β-unsaturated/α-hetero) is 1. The van der Waals surface area contributed by atoms with Gasteiger partial charge in [0.2, 0.25) is 5.91 Å². The molecule has 40 heavy (non-hydrogen) atoms. The number of hydrogen-bond donors (Lipinski definition) is 3. The number of aromatic amines is 1. The highest BCUT2D eigenvalue weighted by Crippen LogP contribution is 2.47. The number of nitrogens with one attached hydrogen (secondary N) is 3. The van der Waals surface area contributed by atoms with Crippen molar-refractivity contribution < 1.29 is 14.4 Å². The van der Waals surface area contributed by atoms with Crippen molar-refractivity contribution in [3.05, 3.63) is 53.1 Å². The average molecular weight is 570 g/mol. The van der Waals surface area contributed by atoms with Gasteiger partial charge in [-0.05, 0) is 68.6 Å². The third kappa shape index (κ3) is 7.87. The normalized spacial score (nSPS) is 18.2. The van der Waals surface area contributed by atoms with Crippen LogP contribution in [-0.2, 0) is 22.4 Å². The van der Waals surface area contributed by atoms with Gasteiger partial charge in [-0.15, -0.1) is 0 Å². The van der Waals surface area contributed by atoms with Crippen LogP contribution in [0.3, 0.4) is 0 Å². The first-order chi connectivity index (χ1) is 19.4. The number of likely N-dealkylation sites (tertiary alicyclic amines) is 1. The van der Waals surface area contributed by atoms with Crippen molar-refractivity contribution in [3.63, 3.8) is 0 Å². The van der Waals surface area contributed by atoms with Gasteiger partial charge in [-0.2, -0.15) is 0 Å². The summed E-state index contributed by atoms with van der Waals surface area (Å²) in [6.45, 7) is 3.66. The number of imidazole rings is 1. The van der Waals surface area contributed by atoms with Crippen LogP contribution < -0.4 is 10.6 Å². The van der Waals surface area contributed by atoms with Gasteiger partial charge in [0.1, 0.15) is 11.8 Å². The minimum atomic E-state index is -0.706. The number of aromatic nitrogens is 2. The largest absolute Gasteiger partial charge is 0.348 e. The first-order valence-electron chi connectivity index (χ1n) is 15.0. The Labute approximate surface area is 243 Å². The van der Waals surface area contributed by atoms with Crippen molar-refractivity contribution in [2.45, 2.75) is 90.0 Å². The molecule has 4 rings (SSSR count). The van der Waals surface area contributed by atoms with Gasteiger partial charge in [0.15, 0.2) is 0 Å².